The van der Waals surface area contributed by atoms with E-state index in [4.69, 9.17) is 4.74 Å². The number of H-pyrrole nitrogens is 1. The molecule has 2 rings (SSSR count). The Morgan fingerprint density at radius 3 is 3.00 bits per heavy atom. The molecule has 2 N–H and O–H groups in total. The van der Waals surface area contributed by atoms with Crippen LogP contribution in [0.1, 0.15) is 0 Å². The van der Waals surface area contributed by atoms with Crippen LogP contribution in [0.5, 0.6) is 5.88 Å². The van der Waals surface area contributed by atoms with Gasteiger partial charge in [-0.2, -0.15) is 0 Å². The summed E-state index contributed by atoms with van der Waals surface area (Å²) in [4.78, 5) is 0. The lowest BCUT2D eigenvalue weighted by Gasteiger charge is -1.99. The molecule has 0 aliphatic heterocycles. The van der Waals surface area contributed by atoms with Crippen molar-refractivity contribution in [1.82, 2.24) is 10.2 Å². The van der Waals surface area contributed by atoms with Crippen molar-refractivity contribution in [1.29, 1.82) is 0 Å². The maximum absolute atomic E-state index is 5.10. The van der Waals surface area contributed by atoms with Gasteiger partial charge in [-0.3, -0.25) is 5.10 Å². The van der Waals surface area contributed by atoms with E-state index >= 15 is 0 Å². The fraction of sp³-hybridized carbons (Fsp3) is 0.222. The van der Waals surface area contributed by atoms with Gasteiger partial charge in [0.15, 0.2) is 0 Å². The highest BCUT2D eigenvalue weighted by molar-refractivity contribution is 5.87. The Kier molecular flexibility index (Phi) is 1.81. The first-order chi connectivity index (χ1) is 6.35. The number of nitrogens with one attached hydrogen (secondary N) is 2. The molecule has 0 aliphatic rings. The molecule has 0 saturated carbocycles. The zero-order chi connectivity index (χ0) is 9.26. The summed E-state index contributed by atoms with van der Waals surface area (Å²) in [6, 6.07) is 5.95. The average Bonchev–Trinajstić information content (AvgIpc) is 2.59. The van der Waals surface area contributed by atoms with Crippen LogP contribution in [0.25, 0.3) is 10.9 Å². The topological polar surface area (TPSA) is 49.9 Å². The maximum Gasteiger partial charge on any atom is 0.240 e. The number of hydrogen-bond donors (Lipinski definition) is 2. The van der Waals surface area contributed by atoms with E-state index in [0.29, 0.717) is 5.88 Å². The van der Waals surface area contributed by atoms with Gasteiger partial charge >= 0.3 is 0 Å². The van der Waals surface area contributed by atoms with E-state index in [-0.39, 0.29) is 0 Å². The smallest absolute Gasteiger partial charge is 0.240 e. The van der Waals surface area contributed by atoms with Gasteiger partial charge in [0.2, 0.25) is 5.88 Å². The third-order valence-corrected chi connectivity index (χ3v) is 2.01. The van der Waals surface area contributed by atoms with Crippen molar-refractivity contribution in [3.05, 3.63) is 18.2 Å². The van der Waals surface area contributed by atoms with Gasteiger partial charge in [0, 0.05) is 12.7 Å². The summed E-state index contributed by atoms with van der Waals surface area (Å²) in [6.45, 7) is 0. The van der Waals surface area contributed by atoms with Crippen molar-refractivity contribution >= 4 is 16.6 Å². The summed E-state index contributed by atoms with van der Waals surface area (Å²) < 4.78 is 5.10. The molecule has 0 saturated heterocycles. The highest BCUT2D eigenvalue weighted by atomic mass is 16.5. The molecule has 1 aromatic carbocycles. The predicted octanol–water partition coefficient (Wildman–Crippen LogP) is 1.61. The van der Waals surface area contributed by atoms with Crippen molar-refractivity contribution in [2.45, 2.75) is 0 Å². The molecule has 0 fully saturated rings. The van der Waals surface area contributed by atoms with Crippen LogP contribution >= 0.6 is 0 Å². The lowest BCUT2D eigenvalue weighted by atomic mass is 10.2. The number of aromatic nitrogens is 2. The molecule has 0 atom stereocenters. The molecule has 13 heavy (non-hydrogen) atoms. The normalized spacial score (nSPS) is 10.3. The summed E-state index contributed by atoms with van der Waals surface area (Å²) in [5, 5.41) is 11.0. The van der Waals surface area contributed by atoms with E-state index in [9.17, 15) is 0 Å². The van der Waals surface area contributed by atoms with Crippen LogP contribution < -0.4 is 10.1 Å². The van der Waals surface area contributed by atoms with Crippen molar-refractivity contribution in [2.24, 2.45) is 0 Å². The predicted molar refractivity (Wildman–Crippen MR) is 52.2 cm³/mol. The number of hydrogen-bond acceptors (Lipinski definition) is 3. The average molecular weight is 177 g/mol. The van der Waals surface area contributed by atoms with Crippen LogP contribution in [0.15, 0.2) is 18.2 Å². The minimum absolute atomic E-state index is 0.632. The zero-order valence-electron chi connectivity index (χ0n) is 7.59. The molecule has 0 spiro atoms. The molecule has 1 aromatic heterocycles. The molecule has 0 bridgehead atoms. The molecule has 1 heterocycles. The SMILES string of the molecule is CNc1ccc2[nH]nc(OC)c2c1. The Hall–Kier alpha value is -1.71. The first-order valence-electron chi connectivity index (χ1n) is 4.05. The summed E-state index contributed by atoms with van der Waals surface area (Å²) >= 11 is 0. The van der Waals surface area contributed by atoms with E-state index in [1.165, 1.54) is 0 Å². The molecule has 0 radical (unpaired) electrons. The Labute approximate surface area is 75.9 Å². The van der Waals surface area contributed by atoms with Crippen LogP contribution in [-0.2, 0) is 0 Å². The lowest BCUT2D eigenvalue weighted by Crippen LogP contribution is -1.87. The van der Waals surface area contributed by atoms with Crippen LogP contribution in [0.4, 0.5) is 5.69 Å². The van der Waals surface area contributed by atoms with Gasteiger partial charge in [0.25, 0.3) is 0 Å². The fourth-order valence-electron chi connectivity index (χ4n) is 1.30. The van der Waals surface area contributed by atoms with Crippen molar-refractivity contribution in [3.8, 4) is 5.88 Å². The van der Waals surface area contributed by atoms with Crippen LogP contribution in [0.3, 0.4) is 0 Å². The van der Waals surface area contributed by atoms with E-state index in [1.54, 1.807) is 7.11 Å². The number of rotatable bonds is 2. The molecule has 4 nitrogen and oxygen atoms in total. The van der Waals surface area contributed by atoms with Gasteiger partial charge in [0.1, 0.15) is 0 Å². The first kappa shape index (κ1) is 7.91. The second kappa shape index (κ2) is 2.97. The minimum Gasteiger partial charge on any atom is -0.480 e. The molecule has 0 unspecified atom stereocenters. The Bertz CT molecular complexity index is 422. The maximum atomic E-state index is 5.10. The van der Waals surface area contributed by atoms with E-state index < -0.39 is 0 Å². The van der Waals surface area contributed by atoms with Crippen molar-refractivity contribution < 1.29 is 4.74 Å². The van der Waals surface area contributed by atoms with Crippen LogP contribution in [0.2, 0.25) is 0 Å². The second-order valence-electron chi connectivity index (χ2n) is 2.74. The highest BCUT2D eigenvalue weighted by Gasteiger charge is 2.04. The van der Waals surface area contributed by atoms with Crippen LogP contribution in [0, 0.1) is 0 Å². The molecule has 4 heteroatoms. The molecule has 0 aliphatic carbocycles. The summed E-state index contributed by atoms with van der Waals surface area (Å²) in [5.41, 5.74) is 2.03. The third kappa shape index (κ3) is 1.20. The van der Waals surface area contributed by atoms with Gasteiger partial charge in [0.05, 0.1) is 18.0 Å². The molecular formula is C9H11N3O. The van der Waals surface area contributed by atoms with Gasteiger partial charge in [-0.25, -0.2) is 0 Å². The number of aromatic amines is 1. The fourth-order valence-corrected chi connectivity index (χ4v) is 1.30. The van der Waals surface area contributed by atoms with Crippen LogP contribution in [-0.4, -0.2) is 24.4 Å². The molecule has 0 amide bonds. The number of fused-ring (bicyclic) bond motifs is 1. The Morgan fingerprint density at radius 2 is 2.31 bits per heavy atom. The number of anilines is 1. The largest absolute Gasteiger partial charge is 0.480 e. The van der Waals surface area contributed by atoms with Gasteiger partial charge in [-0.15, -0.1) is 5.10 Å². The quantitative estimate of drug-likeness (QED) is 0.732. The Morgan fingerprint density at radius 1 is 1.46 bits per heavy atom. The summed E-state index contributed by atoms with van der Waals surface area (Å²) in [5.74, 6) is 0.632. The highest BCUT2D eigenvalue weighted by Crippen LogP contribution is 2.24. The van der Waals surface area contributed by atoms with Gasteiger partial charge in [-0.05, 0) is 18.2 Å². The second-order valence-corrected chi connectivity index (χ2v) is 2.74. The van der Waals surface area contributed by atoms with E-state index in [0.717, 1.165) is 16.6 Å². The summed E-state index contributed by atoms with van der Waals surface area (Å²) in [6.07, 6.45) is 0. The van der Waals surface area contributed by atoms with Crippen molar-refractivity contribution in [3.63, 3.8) is 0 Å². The number of ether oxygens (including phenoxy) is 1. The number of methoxy groups -OCH3 is 1. The van der Waals surface area contributed by atoms with E-state index in [1.807, 2.05) is 25.2 Å². The van der Waals surface area contributed by atoms with Gasteiger partial charge < -0.3 is 10.1 Å². The minimum atomic E-state index is 0.632. The summed E-state index contributed by atoms with van der Waals surface area (Å²) in [7, 11) is 3.50. The molecular weight excluding hydrogens is 166 g/mol. The standard InChI is InChI=1S/C9H11N3O/c1-10-6-3-4-8-7(5-6)9(13-2)12-11-8/h3-5,10H,1-2H3,(H,11,12). The zero-order valence-corrected chi connectivity index (χ0v) is 7.59. The first-order valence-corrected chi connectivity index (χ1v) is 4.05. The molecule has 2 aromatic rings. The van der Waals surface area contributed by atoms with Crippen molar-refractivity contribution in [2.75, 3.05) is 19.5 Å². The number of benzene rings is 1. The number of nitrogens with zero attached hydrogens (tertiary/aromatic N) is 1. The molecule has 68 valence electrons. The third-order valence-electron chi connectivity index (χ3n) is 2.01. The van der Waals surface area contributed by atoms with E-state index in [2.05, 4.69) is 15.5 Å². The lowest BCUT2D eigenvalue weighted by molar-refractivity contribution is 0.401. The van der Waals surface area contributed by atoms with Gasteiger partial charge in [-0.1, -0.05) is 0 Å². The monoisotopic (exact) mass is 177 g/mol. The Balaban J connectivity index is 2.64.